The molecule has 0 radical (unpaired) electrons. The maximum Gasteiger partial charge on any atom is 0.0703 e. The number of benzene rings is 1. The van der Waals surface area contributed by atoms with E-state index in [1.54, 1.807) is 0 Å². The fraction of sp³-hybridized carbons (Fsp3) is 0.500. The van der Waals surface area contributed by atoms with Crippen LogP contribution in [0.5, 0.6) is 0 Å². The van der Waals surface area contributed by atoms with Gasteiger partial charge in [-0.1, -0.05) is 32.0 Å². The number of nitrogens with zero attached hydrogens (tertiary/aromatic N) is 2. The molecule has 0 saturated carbocycles. The second-order valence-corrected chi connectivity index (χ2v) is 5.85. The van der Waals surface area contributed by atoms with E-state index < -0.39 is 0 Å². The number of aryl methyl sites for hydroxylation is 2. The maximum absolute atomic E-state index is 4.74. The lowest BCUT2D eigenvalue weighted by atomic mass is 9.93. The summed E-state index contributed by atoms with van der Waals surface area (Å²) in [4.78, 5) is 0. The van der Waals surface area contributed by atoms with Gasteiger partial charge < -0.3 is 5.32 Å². The molecule has 0 fully saturated rings. The summed E-state index contributed by atoms with van der Waals surface area (Å²) in [6, 6.07) is 7.27. The molecule has 0 bridgehead atoms. The predicted molar refractivity (Wildman–Crippen MR) is 87.5 cm³/mol. The molecule has 0 amide bonds. The molecule has 1 aliphatic rings. The maximum atomic E-state index is 4.74. The van der Waals surface area contributed by atoms with Gasteiger partial charge in [0.2, 0.25) is 0 Å². The van der Waals surface area contributed by atoms with Crippen molar-refractivity contribution in [2.24, 2.45) is 7.05 Å². The van der Waals surface area contributed by atoms with Gasteiger partial charge in [-0.05, 0) is 49.4 Å². The number of fused-ring (bicyclic) bond motifs is 1. The topological polar surface area (TPSA) is 29.9 Å². The van der Waals surface area contributed by atoms with Crippen LogP contribution in [0.4, 0.5) is 0 Å². The monoisotopic (exact) mass is 283 g/mol. The molecule has 0 aliphatic heterocycles. The minimum atomic E-state index is 0.506. The summed E-state index contributed by atoms with van der Waals surface area (Å²) < 4.78 is 2.07. The smallest absolute Gasteiger partial charge is 0.0703 e. The van der Waals surface area contributed by atoms with Crippen LogP contribution in [-0.4, -0.2) is 16.8 Å². The summed E-state index contributed by atoms with van der Waals surface area (Å²) in [5.74, 6) is 0. The van der Waals surface area contributed by atoms with Gasteiger partial charge in [0.1, 0.15) is 0 Å². The standard InChI is InChI=1S/C18H25N3/c1-5-15-18(17(6-2)21(4)20-15)14-9-7-8-13-12(14)10-11-16(13)19-3/h7-9,16,19H,5-6,10-11H2,1-4H3. The molecular formula is C18H25N3. The number of hydrogen-bond donors (Lipinski definition) is 1. The molecule has 1 unspecified atom stereocenters. The third kappa shape index (κ3) is 2.20. The highest BCUT2D eigenvalue weighted by atomic mass is 15.3. The molecule has 0 saturated heterocycles. The molecule has 3 rings (SSSR count). The van der Waals surface area contributed by atoms with E-state index in [2.05, 4.69) is 56.1 Å². The van der Waals surface area contributed by atoms with Gasteiger partial charge in [0.15, 0.2) is 0 Å². The zero-order valence-electron chi connectivity index (χ0n) is 13.5. The average Bonchev–Trinajstić information content (AvgIpc) is 3.06. The lowest BCUT2D eigenvalue weighted by molar-refractivity contribution is 0.590. The Hall–Kier alpha value is -1.61. The SMILES string of the molecule is CCc1nn(C)c(CC)c1-c1cccc2c1CCC2NC. The van der Waals surface area contributed by atoms with Gasteiger partial charge >= 0.3 is 0 Å². The first-order valence-corrected chi connectivity index (χ1v) is 8.05. The summed E-state index contributed by atoms with van der Waals surface area (Å²) in [5.41, 5.74) is 8.38. The van der Waals surface area contributed by atoms with Crippen LogP contribution >= 0.6 is 0 Å². The molecule has 2 aromatic rings. The molecule has 0 spiro atoms. The van der Waals surface area contributed by atoms with E-state index in [0.717, 1.165) is 19.3 Å². The highest BCUT2D eigenvalue weighted by molar-refractivity contribution is 5.74. The summed E-state index contributed by atoms with van der Waals surface area (Å²) in [6.07, 6.45) is 4.38. The molecule has 1 heterocycles. The largest absolute Gasteiger partial charge is 0.313 e. The number of nitrogens with one attached hydrogen (secondary N) is 1. The Morgan fingerprint density at radius 2 is 2.10 bits per heavy atom. The first kappa shape index (κ1) is 14.3. The van der Waals surface area contributed by atoms with E-state index >= 15 is 0 Å². The summed E-state index contributed by atoms with van der Waals surface area (Å²) >= 11 is 0. The van der Waals surface area contributed by atoms with Crippen LogP contribution in [0.15, 0.2) is 18.2 Å². The van der Waals surface area contributed by atoms with Gasteiger partial charge in [-0.2, -0.15) is 5.10 Å². The van der Waals surface area contributed by atoms with E-state index in [0.29, 0.717) is 6.04 Å². The normalized spacial score (nSPS) is 17.2. The van der Waals surface area contributed by atoms with Crippen molar-refractivity contribution in [1.29, 1.82) is 0 Å². The highest BCUT2D eigenvalue weighted by Crippen LogP contribution is 2.39. The van der Waals surface area contributed by atoms with Crippen molar-refractivity contribution in [3.8, 4) is 11.1 Å². The molecule has 1 N–H and O–H groups in total. The third-order valence-corrected chi connectivity index (χ3v) is 4.80. The lowest BCUT2D eigenvalue weighted by Crippen LogP contribution is -2.12. The molecular weight excluding hydrogens is 258 g/mol. The van der Waals surface area contributed by atoms with Crippen LogP contribution in [0.3, 0.4) is 0 Å². The van der Waals surface area contributed by atoms with Crippen LogP contribution < -0.4 is 5.32 Å². The number of aromatic nitrogens is 2. The van der Waals surface area contributed by atoms with Crippen molar-refractivity contribution < 1.29 is 0 Å². The van der Waals surface area contributed by atoms with Gasteiger partial charge in [-0.3, -0.25) is 4.68 Å². The van der Waals surface area contributed by atoms with Crippen molar-refractivity contribution >= 4 is 0 Å². The Balaban J connectivity index is 2.21. The number of hydrogen-bond acceptors (Lipinski definition) is 2. The minimum absolute atomic E-state index is 0.506. The third-order valence-electron chi connectivity index (χ3n) is 4.80. The first-order valence-electron chi connectivity index (χ1n) is 8.05. The fourth-order valence-corrected chi connectivity index (χ4v) is 3.77. The Kier molecular flexibility index (Phi) is 3.85. The Bertz CT molecular complexity index is 655. The quantitative estimate of drug-likeness (QED) is 0.932. The zero-order valence-corrected chi connectivity index (χ0v) is 13.5. The van der Waals surface area contributed by atoms with E-state index in [-0.39, 0.29) is 0 Å². The molecule has 3 heteroatoms. The van der Waals surface area contributed by atoms with Crippen molar-refractivity contribution in [3.63, 3.8) is 0 Å². The Labute approximate surface area is 127 Å². The summed E-state index contributed by atoms with van der Waals surface area (Å²) in [6.45, 7) is 4.42. The first-order chi connectivity index (χ1) is 10.2. The Morgan fingerprint density at radius 3 is 2.76 bits per heavy atom. The molecule has 1 atom stereocenters. The average molecular weight is 283 g/mol. The van der Waals surface area contributed by atoms with Crippen molar-refractivity contribution in [1.82, 2.24) is 15.1 Å². The van der Waals surface area contributed by atoms with Crippen molar-refractivity contribution in [2.45, 2.75) is 45.6 Å². The van der Waals surface area contributed by atoms with Gasteiger partial charge in [0.25, 0.3) is 0 Å². The van der Waals surface area contributed by atoms with E-state index in [4.69, 9.17) is 5.10 Å². The molecule has 1 aromatic heterocycles. The van der Waals surface area contributed by atoms with Crippen LogP contribution in [-0.2, 0) is 26.3 Å². The molecule has 112 valence electrons. The van der Waals surface area contributed by atoms with E-state index in [9.17, 15) is 0 Å². The van der Waals surface area contributed by atoms with Crippen LogP contribution in [0, 0.1) is 0 Å². The minimum Gasteiger partial charge on any atom is -0.313 e. The predicted octanol–water partition coefficient (Wildman–Crippen LogP) is 3.42. The zero-order chi connectivity index (χ0) is 15.0. The molecule has 1 aromatic carbocycles. The van der Waals surface area contributed by atoms with Crippen LogP contribution in [0.25, 0.3) is 11.1 Å². The lowest BCUT2D eigenvalue weighted by Gasteiger charge is -2.13. The van der Waals surface area contributed by atoms with Crippen molar-refractivity contribution in [3.05, 3.63) is 40.7 Å². The fourth-order valence-electron chi connectivity index (χ4n) is 3.77. The second kappa shape index (κ2) is 5.64. The van der Waals surface area contributed by atoms with Crippen LogP contribution in [0.1, 0.15) is 48.8 Å². The molecule has 1 aliphatic carbocycles. The molecule has 21 heavy (non-hydrogen) atoms. The van der Waals surface area contributed by atoms with Crippen LogP contribution in [0.2, 0.25) is 0 Å². The summed E-state index contributed by atoms with van der Waals surface area (Å²) in [7, 11) is 4.13. The van der Waals surface area contributed by atoms with Gasteiger partial charge in [-0.25, -0.2) is 0 Å². The van der Waals surface area contributed by atoms with E-state index in [1.807, 2.05) is 0 Å². The molecule has 3 nitrogen and oxygen atoms in total. The highest BCUT2D eigenvalue weighted by Gasteiger charge is 2.26. The van der Waals surface area contributed by atoms with Gasteiger partial charge in [0, 0.05) is 24.3 Å². The summed E-state index contributed by atoms with van der Waals surface area (Å²) in [5, 5.41) is 8.18. The second-order valence-electron chi connectivity index (χ2n) is 5.85. The Morgan fingerprint density at radius 1 is 1.29 bits per heavy atom. The van der Waals surface area contributed by atoms with Gasteiger partial charge in [-0.15, -0.1) is 0 Å². The van der Waals surface area contributed by atoms with Crippen molar-refractivity contribution in [2.75, 3.05) is 7.05 Å². The van der Waals surface area contributed by atoms with E-state index in [1.165, 1.54) is 40.1 Å². The van der Waals surface area contributed by atoms with Gasteiger partial charge in [0.05, 0.1) is 5.69 Å². The number of rotatable bonds is 4.